The smallest absolute Gasteiger partial charge is 0.304 e. The minimum atomic E-state index is -0.128. The molecule has 166 valence electrons. The van der Waals surface area contributed by atoms with Crippen molar-refractivity contribution in [1.82, 2.24) is 9.97 Å². The molecule has 0 atom stereocenters. The van der Waals surface area contributed by atoms with Gasteiger partial charge in [-0.3, -0.25) is 19.4 Å². The molecule has 2 heterocycles. The van der Waals surface area contributed by atoms with Gasteiger partial charge in [0, 0.05) is 24.9 Å². The highest BCUT2D eigenvalue weighted by molar-refractivity contribution is 5.93. The number of unbranched alkanes of at least 4 members (excludes halogenated alkanes) is 3. The van der Waals surface area contributed by atoms with E-state index in [0.717, 1.165) is 37.1 Å². The summed E-state index contributed by atoms with van der Waals surface area (Å²) >= 11 is 0. The van der Waals surface area contributed by atoms with Crippen LogP contribution in [0, 0.1) is 25.7 Å². The molecule has 0 spiro atoms. The molecule has 0 aliphatic carbocycles. The van der Waals surface area contributed by atoms with E-state index in [1.807, 2.05) is 41.5 Å². The molecule has 30 heavy (non-hydrogen) atoms. The topological polar surface area (TPSA) is 92.7 Å². The molecular formula is C22H34N4O4. The number of hydrogen-bond donors (Lipinski definition) is 0. The molecule has 0 aromatic carbocycles. The summed E-state index contributed by atoms with van der Waals surface area (Å²) in [4.78, 5) is 36.9. The molecule has 0 bridgehead atoms. The summed E-state index contributed by atoms with van der Waals surface area (Å²) < 4.78 is 10.9. The number of nitrogens with zero attached hydrogens (tertiary/aromatic N) is 4. The van der Waals surface area contributed by atoms with Gasteiger partial charge in [-0.2, -0.15) is 9.97 Å². The summed E-state index contributed by atoms with van der Waals surface area (Å²) in [5.74, 6) is -0.247. The van der Waals surface area contributed by atoms with E-state index >= 15 is 0 Å². The van der Waals surface area contributed by atoms with Gasteiger partial charge in [-0.1, -0.05) is 40.5 Å². The molecular weight excluding hydrogens is 384 g/mol. The van der Waals surface area contributed by atoms with Gasteiger partial charge in [0.2, 0.25) is 11.8 Å². The van der Waals surface area contributed by atoms with E-state index in [0.29, 0.717) is 25.1 Å². The molecule has 8 nitrogen and oxygen atoms in total. The van der Waals surface area contributed by atoms with Gasteiger partial charge in [0.05, 0.1) is 11.4 Å². The first-order valence-electron chi connectivity index (χ1n) is 10.7. The Bertz CT molecular complexity index is 756. The number of hydrogen-bond acceptors (Lipinski definition) is 6. The van der Waals surface area contributed by atoms with Crippen molar-refractivity contribution in [3.63, 3.8) is 0 Å². The Morgan fingerprint density at radius 3 is 1.40 bits per heavy atom. The van der Waals surface area contributed by atoms with Crippen LogP contribution in [0.15, 0.2) is 21.4 Å². The Hall–Kier alpha value is -2.64. The zero-order valence-corrected chi connectivity index (χ0v) is 19.0. The van der Waals surface area contributed by atoms with Crippen LogP contribution >= 0.6 is 0 Å². The lowest BCUT2D eigenvalue weighted by molar-refractivity contribution is -0.122. The number of carbonyl (C=O) groups is 2. The van der Waals surface area contributed by atoms with Crippen molar-refractivity contribution in [2.45, 2.75) is 67.2 Å². The fourth-order valence-electron chi connectivity index (χ4n) is 3.05. The van der Waals surface area contributed by atoms with Crippen LogP contribution in [0.3, 0.4) is 0 Å². The number of aromatic nitrogens is 2. The Labute approximate surface area is 178 Å². The lowest BCUT2D eigenvalue weighted by Gasteiger charge is -2.21. The van der Waals surface area contributed by atoms with Crippen LogP contribution in [0.4, 0.5) is 12.0 Å². The maximum absolute atomic E-state index is 12.5. The third-order valence-electron chi connectivity index (χ3n) is 4.71. The van der Waals surface area contributed by atoms with Crippen LogP contribution in [0.1, 0.15) is 64.8 Å². The predicted molar refractivity (Wildman–Crippen MR) is 115 cm³/mol. The summed E-state index contributed by atoms with van der Waals surface area (Å²) in [5.41, 5.74) is 1.51. The Morgan fingerprint density at radius 1 is 0.767 bits per heavy atom. The van der Waals surface area contributed by atoms with Crippen molar-refractivity contribution in [3.05, 3.63) is 23.9 Å². The average molecular weight is 419 g/mol. The molecule has 0 N–H and O–H groups in total. The summed E-state index contributed by atoms with van der Waals surface area (Å²) in [7, 11) is 0. The van der Waals surface area contributed by atoms with Gasteiger partial charge >= 0.3 is 12.0 Å². The summed E-state index contributed by atoms with van der Waals surface area (Å²) in [5, 5.41) is 0. The van der Waals surface area contributed by atoms with Crippen LogP contribution in [0.5, 0.6) is 0 Å². The number of aryl methyl sites for hydroxylation is 2. The van der Waals surface area contributed by atoms with Gasteiger partial charge in [-0.25, -0.2) is 0 Å². The normalized spacial score (nSPS) is 11.3. The van der Waals surface area contributed by atoms with E-state index in [2.05, 4.69) is 9.97 Å². The first-order valence-corrected chi connectivity index (χ1v) is 10.7. The van der Waals surface area contributed by atoms with E-state index < -0.39 is 0 Å². The van der Waals surface area contributed by atoms with E-state index in [-0.39, 0.29) is 23.7 Å². The summed E-state index contributed by atoms with van der Waals surface area (Å²) in [6.07, 6.45) is 6.62. The standard InChI is InChI=1S/C22H34N4O4/c1-15(2)19(27)25(21-23-17(5)13-29-21)11-9-7-8-10-12-26(20(28)16(3)4)22-24-18(6)14-30-22/h13-16H,7-12H2,1-6H3. The second-order valence-electron chi connectivity index (χ2n) is 8.25. The molecule has 0 fully saturated rings. The van der Waals surface area contributed by atoms with Crippen LogP contribution in [-0.2, 0) is 9.59 Å². The first-order chi connectivity index (χ1) is 14.2. The Morgan fingerprint density at radius 2 is 1.13 bits per heavy atom. The van der Waals surface area contributed by atoms with Crippen LogP contribution < -0.4 is 9.80 Å². The van der Waals surface area contributed by atoms with Crippen LogP contribution in [0.2, 0.25) is 0 Å². The first kappa shape index (κ1) is 23.6. The highest BCUT2D eigenvalue weighted by Gasteiger charge is 2.24. The second-order valence-corrected chi connectivity index (χ2v) is 8.25. The summed E-state index contributed by atoms with van der Waals surface area (Å²) in [6, 6.07) is 0.721. The van der Waals surface area contributed by atoms with Gasteiger partial charge in [0.1, 0.15) is 12.5 Å². The number of rotatable bonds is 11. The lowest BCUT2D eigenvalue weighted by Crippen LogP contribution is -2.36. The quantitative estimate of drug-likeness (QED) is 0.498. The van der Waals surface area contributed by atoms with Crippen LogP contribution in [-0.4, -0.2) is 34.9 Å². The monoisotopic (exact) mass is 418 g/mol. The molecule has 0 radical (unpaired) electrons. The molecule has 8 heteroatoms. The van der Waals surface area contributed by atoms with Crippen molar-refractivity contribution in [2.24, 2.45) is 11.8 Å². The van der Waals surface area contributed by atoms with Crippen molar-refractivity contribution < 1.29 is 18.4 Å². The average Bonchev–Trinajstić information content (AvgIpc) is 3.31. The van der Waals surface area contributed by atoms with Crippen LogP contribution in [0.25, 0.3) is 0 Å². The van der Waals surface area contributed by atoms with Gasteiger partial charge in [0.25, 0.3) is 0 Å². The van der Waals surface area contributed by atoms with E-state index in [1.54, 1.807) is 22.3 Å². The zero-order valence-electron chi connectivity index (χ0n) is 19.0. The highest BCUT2D eigenvalue weighted by Crippen LogP contribution is 2.19. The molecule has 0 aliphatic rings. The molecule has 0 aliphatic heterocycles. The second kappa shape index (κ2) is 10.9. The SMILES string of the molecule is Cc1coc(N(CCCCCCN(C(=O)C(C)C)c2nc(C)co2)C(=O)C(C)C)n1. The van der Waals surface area contributed by atoms with Crippen molar-refractivity contribution in [2.75, 3.05) is 22.9 Å². The Kier molecular flexibility index (Phi) is 8.62. The fourth-order valence-corrected chi connectivity index (χ4v) is 3.05. The Balaban J connectivity index is 1.84. The molecule has 2 aromatic rings. The highest BCUT2D eigenvalue weighted by atomic mass is 16.4. The number of amides is 2. The third-order valence-corrected chi connectivity index (χ3v) is 4.71. The molecule has 2 rings (SSSR count). The predicted octanol–water partition coefficient (Wildman–Crippen LogP) is 4.52. The number of oxazole rings is 2. The van der Waals surface area contributed by atoms with E-state index in [4.69, 9.17) is 8.83 Å². The van der Waals surface area contributed by atoms with E-state index in [1.165, 1.54) is 0 Å². The minimum absolute atomic E-state index is 0.00446. The number of anilines is 2. The van der Waals surface area contributed by atoms with Gasteiger partial charge in [-0.05, 0) is 26.7 Å². The third kappa shape index (κ3) is 6.43. The van der Waals surface area contributed by atoms with Gasteiger partial charge in [-0.15, -0.1) is 0 Å². The van der Waals surface area contributed by atoms with Gasteiger partial charge < -0.3 is 8.83 Å². The van der Waals surface area contributed by atoms with Crippen molar-refractivity contribution in [3.8, 4) is 0 Å². The maximum Gasteiger partial charge on any atom is 0.304 e. The van der Waals surface area contributed by atoms with Crippen molar-refractivity contribution in [1.29, 1.82) is 0 Å². The molecule has 0 saturated carbocycles. The fraction of sp³-hybridized carbons (Fsp3) is 0.636. The number of carbonyl (C=O) groups excluding carboxylic acids is 2. The van der Waals surface area contributed by atoms with Crippen molar-refractivity contribution >= 4 is 23.8 Å². The molecule has 2 aromatic heterocycles. The van der Waals surface area contributed by atoms with Gasteiger partial charge in [0.15, 0.2) is 0 Å². The molecule has 0 saturated heterocycles. The largest absolute Gasteiger partial charge is 0.431 e. The minimum Gasteiger partial charge on any atom is -0.431 e. The van der Waals surface area contributed by atoms with E-state index in [9.17, 15) is 9.59 Å². The summed E-state index contributed by atoms with van der Waals surface area (Å²) in [6.45, 7) is 12.3. The molecule has 2 amide bonds. The lowest BCUT2D eigenvalue weighted by atomic mass is 10.1. The maximum atomic E-state index is 12.5. The molecule has 0 unspecified atom stereocenters. The zero-order chi connectivity index (χ0) is 22.3.